The van der Waals surface area contributed by atoms with Crippen molar-refractivity contribution in [1.82, 2.24) is 21.3 Å². The Morgan fingerprint density at radius 2 is 0.886 bits per heavy atom. The van der Waals surface area contributed by atoms with E-state index in [9.17, 15) is 63.0 Å². The van der Waals surface area contributed by atoms with Crippen molar-refractivity contribution in [3.05, 3.63) is 108 Å². The number of Topliss-reactive ketones (excluding diaryl/α,β-unsaturated/α-hetero) is 5. The number of hydrogen-bond donors (Lipinski definition) is 9. The van der Waals surface area contributed by atoms with Crippen LogP contribution >= 0.6 is 11.8 Å². The van der Waals surface area contributed by atoms with E-state index in [4.69, 9.17) is 17.2 Å². The van der Waals surface area contributed by atoms with Crippen LogP contribution in [0.1, 0.15) is 141 Å². The van der Waals surface area contributed by atoms with Crippen molar-refractivity contribution in [2.75, 3.05) is 31.7 Å². The molecule has 0 radical (unpaired) electrons. The van der Waals surface area contributed by atoms with Gasteiger partial charge < -0.3 is 48.7 Å². The number of ketones is 5. The first-order valence-corrected chi connectivity index (χ1v) is 32.4. The summed E-state index contributed by atoms with van der Waals surface area (Å²) >= 11 is 1.48. The van der Waals surface area contributed by atoms with E-state index in [0.717, 1.165) is 12.0 Å². The molecular formula is C67H97N7O13S. The van der Waals surface area contributed by atoms with E-state index < -0.39 is 138 Å². The second-order valence-electron chi connectivity index (χ2n) is 23.4. The van der Waals surface area contributed by atoms with Gasteiger partial charge in [-0.25, -0.2) is 0 Å². The van der Waals surface area contributed by atoms with E-state index in [1.165, 1.54) is 11.8 Å². The number of carbonyl (C=O) groups is 11. The third-order valence-electron chi connectivity index (χ3n) is 16.5. The molecule has 0 aliphatic carbocycles. The molecule has 0 heterocycles. The fourth-order valence-electron chi connectivity index (χ4n) is 10.5. The van der Waals surface area contributed by atoms with Crippen LogP contribution in [-0.4, -0.2) is 131 Å². The van der Waals surface area contributed by atoms with Gasteiger partial charge in [0.2, 0.25) is 29.5 Å². The average molecular weight is 1240 g/mol. The van der Waals surface area contributed by atoms with Crippen LogP contribution in [0.25, 0.3) is 0 Å². The molecule has 88 heavy (non-hydrogen) atoms. The average Bonchev–Trinajstić information content (AvgIpc) is 3.69. The first-order chi connectivity index (χ1) is 42.0. The van der Waals surface area contributed by atoms with Gasteiger partial charge in [0, 0.05) is 74.0 Å². The van der Waals surface area contributed by atoms with Gasteiger partial charge in [-0.15, -0.1) is 0 Å². The highest BCUT2D eigenvalue weighted by Gasteiger charge is 2.36. The lowest BCUT2D eigenvalue weighted by molar-refractivity contribution is -0.139. The molecule has 5 amide bonds. The second-order valence-corrected chi connectivity index (χ2v) is 24.4. The third-order valence-corrected chi connectivity index (χ3v) is 17.1. The van der Waals surface area contributed by atoms with Crippen molar-refractivity contribution in [2.45, 2.75) is 167 Å². The summed E-state index contributed by atoms with van der Waals surface area (Å²) in [6, 6.07) is 21.9. The number of aliphatic hydroxyl groups excluding tert-OH is 1. The maximum atomic E-state index is 14.8. The summed E-state index contributed by atoms with van der Waals surface area (Å²) in [5.74, 6) is -11.8. The van der Waals surface area contributed by atoms with Crippen molar-refractivity contribution in [3.63, 3.8) is 0 Å². The lowest BCUT2D eigenvalue weighted by Crippen LogP contribution is -2.50. The number of carbonyl (C=O) groups excluding carboxylic acids is 10. The number of nitrogens with two attached hydrogens (primary N) is 3. The van der Waals surface area contributed by atoms with Crippen LogP contribution in [0, 0.1) is 41.4 Å². The smallest absolute Gasteiger partial charge is 0.303 e. The summed E-state index contributed by atoms with van der Waals surface area (Å²) < 4.78 is 0. The molecule has 20 nitrogen and oxygen atoms in total. The van der Waals surface area contributed by atoms with Gasteiger partial charge >= 0.3 is 5.97 Å². The molecule has 3 aromatic rings. The quantitative estimate of drug-likeness (QED) is 0.0311. The Balaban J connectivity index is 1.90. The highest BCUT2D eigenvalue weighted by atomic mass is 32.2. The molecule has 3 aromatic carbocycles. The Hall–Kier alpha value is -6.94. The molecule has 3 rings (SSSR count). The summed E-state index contributed by atoms with van der Waals surface area (Å²) in [5.41, 5.74) is 19.1. The van der Waals surface area contributed by atoms with Gasteiger partial charge in [-0.3, -0.25) is 52.7 Å². The highest BCUT2D eigenvalue weighted by Crippen LogP contribution is 2.25. The van der Waals surface area contributed by atoms with Gasteiger partial charge in [-0.05, 0) is 112 Å². The van der Waals surface area contributed by atoms with Gasteiger partial charge in [-0.2, -0.15) is 11.8 Å². The van der Waals surface area contributed by atoms with Crippen LogP contribution in [0.3, 0.4) is 0 Å². The Labute approximate surface area is 523 Å². The Bertz CT molecular complexity index is 2700. The highest BCUT2D eigenvalue weighted by molar-refractivity contribution is 7.98. The van der Waals surface area contributed by atoms with Crippen molar-refractivity contribution in [1.29, 1.82) is 0 Å². The van der Waals surface area contributed by atoms with E-state index in [0.29, 0.717) is 62.1 Å². The number of hydrogen-bond acceptors (Lipinski definition) is 15. The largest absolute Gasteiger partial charge is 0.481 e. The minimum Gasteiger partial charge on any atom is -0.481 e. The number of amides is 5. The number of rotatable bonds is 47. The zero-order valence-corrected chi connectivity index (χ0v) is 52.9. The number of primary amides is 1. The van der Waals surface area contributed by atoms with E-state index in [2.05, 4.69) is 21.3 Å². The molecule has 12 N–H and O–H groups in total. The van der Waals surface area contributed by atoms with Crippen LogP contribution in [0.15, 0.2) is 91.0 Å². The summed E-state index contributed by atoms with van der Waals surface area (Å²) in [6.07, 6.45) is 2.99. The zero-order valence-electron chi connectivity index (χ0n) is 52.1. The van der Waals surface area contributed by atoms with E-state index in [1.807, 2.05) is 57.4 Å². The lowest BCUT2D eigenvalue weighted by atomic mass is 9.83. The van der Waals surface area contributed by atoms with E-state index in [1.54, 1.807) is 67.6 Å². The number of carboxylic acids is 1. The summed E-state index contributed by atoms with van der Waals surface area (Å²) in [6.45, 7) is 7.15. The zero-order chi connectivity index (χ0) is 65.1. The molecule has 0 aliphatic heterocycles. The van der Waals surface area contributed by atoms with Crippen LogP contribution in [0.5, 0.6) is 0 Å². The van der Waals surface area contributed by atoms with E-state index >= 15 is 0 Å². The number of aliphatic hydroxyl groups is 1. The summed E-state index contributed by atoms with van der Waals surface area (Å²) in [5, 5.41) is 31.3. The van der Waals surface area contributed by atoms with Gasteiger partial charge in [0.15, 0.2) is 23.1 Å². The maximum Gasteiger partial charge on any atom is 0.303 e. The molecule has 0 aliphatic rings. The molecule has 0 saturated heterocycles. The number of benzene rings is 3. The monoisotopic (exact) mass is 1240 g/mol. The van der Waals surface area contributed by atoms with Gasteiger partial charge in [0.1, 0.15) is 11.8 Å². The Kier molecular flexibility index (Phi) is 35.4. The lowest BCUT2D eigenvalue weighted by Gasteiger charge is -2.26. The predicted octanol–water partition coefficient (Wildman–Crippen LogP) is 5.59. The topological polar surface area (TPSA) is 354 Å². The molecule has 0 spiro atoms. The normalized spacial score (nSPS) is 15.0. The van der Waals surface area contributed by atoms with Crippen LogP contribution < -0.4 is 38.5 Å². The minimum absolute atomic E-state index is 0.00707. The SMILES string of the molecule is CC[C@H](C)[C@H](C)C(=O)C[C@@H](Cc1ccccc1)C(=O)N[C@@H](CCSC)C(=O)C[C@@H](C)C(=O)N[C@@H](Cc1ccccc1)C(=O)C[C@@H](Cc1ccccc1)C(=O)N[C@@H](CO)C(=O)C[C@@H](CCC(=O)O)C(=O)N[C@@H](CCCCN)C(=O)C[C@@H](CCCCN)C(N)=O. The van der Waals surface area contributed by atoms with Crippen molar-refractivity contribution in [2.24, 2.45) is 58.6 Å². The van der Waals surface area contributed by atoms with Crippen LogP contribution in [0.4, 0.5) is 0 Å². The van der Waals surface area contributed by atoms with Gasteiger partial charge in [0.25, 0.3) is 0 Å². The Morgan fingerprint density at radius 3 is 1.36 bits per heavy atom. The van der Waals surface area contributed by atoms with Crippen LogP contribution in [0.2, 0.25) is 0 Å². The molecular weight excluding hydrogens is 1140 g/mol. The summed E-state index contributed by atoms with van der Waals surface area (Å²) in [7, 11) is 0. The molecule has 0 bridgehead atoms. The second kappa shape index (κ2) is 41.3. The molecule has 21 heteroatoms. The van der Waals surface area contributed by atoms with E-state index in [-0.39, 0.29) is 75.4 Å². The number of aliphatic carboxylic acids is 1. The molecule has 0 aromatic heterocycles. The van der Waals surface area contributed by atoms with Crippen molar-refractivity contribution in [3.8, 4) is 0 Å². The molecule has 11 atom stereocenters. The molecule has 0 unspecified atom stereocenters. The first-order valence-electron chi connectivity index (χ1n) is 31.0. The maximum absolute atomic E-state index is 14.8. The molecule has 0 fully saturated rings. The predicted molar refractivity (Wildman–Crippen MR) is 340 cm³/mol. The number of unbranched alkanes of at least 4 members (excludes halogenated alkanes) is 2. The van der Waals surface area contributed by atoms with Crippen molar-refractivity contribution >= 4 is 76.2 Å². The first kappa shape index (κ1) is 75.3. The fraction of sp³-hybridized carbons (Fsp3) is 0.567. The van der Waals surface area contributed by atoms with Gasteiger partial charge in [-0.1, -0.05) is 132 Å². The fourth-order valence-corrected chi connectivity index (χ4v) is 10.9. The van der Waals surface area contributed by atoms with Crippen molar-refractivity contribution < 1.29 is 63.0 Å². The minimum atomic E-state index is -1.63. The summed E-state index contributed by atoms with van der Waals surface area (Å²) in [4.78, 5) is 152. The number of nitrogens with one attached hydrogen (secondary N) is 4. The standard InChI is InChI=1S/C67H97N7O13S/c1-6-43(2)45(4)57(76)40-51(35-46-20-10-7-11-21-46)66(86)72-54(30-33-88-5)58(77)34-44(3)64(84)73-55(37-48-24-14-9-15-25-48)60(79)41-52(36-47-22-12-8-13-23-47)67(87)74-56(42-75)61(80)39-50(28-29-62(81)82)65(85)71-53(27-17-19-32-69)59(78)38-49(63(70)83)26-16-18-31-68/h7-15,20-25,43-45,49-56,75H,6,16-19,26-42,68-69H2,1-5H3,(H2,70,83)(H,71,85)(H,72,86)(H,73,84)(H,74,87)(H,81,82)/t43-,44+,45-,49+,50+,51+,52+,53-,54-,55-,56-/m0/s1. The van der Waals surface area contributed by atoms with Crippen LogP contribution in [-0.2, 0) is 72.0 Å². The van der Waals surface area contributed by atoms with Gasteiger partial charge in [0.05, 0.1) is 24.7 Å². The third kappa shape index (κ3) is 27.6. The molecule has 0 saturated carbocycles. The number of thioether (sulfide) groups is 1. The Morgan fingerprint density at radius 1 is 0.477 bits per heavy atom. The number of carboxylic acid groups (broad SMARTS) is 1. The molecule has 484 valence electrons.